The largest absolute Gasteiger partial charge is 0.384 e. The van der Waals surface area contributed by atoms with Gasteiger partial charge in [0.05, 0.1) is 0 Å². The summed E-state index contributed by atoms with van der Waals surface area (Å²) >= 11 is 6.33. The van der Waals surface area contributed by atoms with Gasteiger partial charge >= 0.3 is 0 Å². The maximum absolute atomic E-state index is 12.1. The molecular weight excluding hydrogens is 240 g/mol. The van der Waals surface area contributed by atoms with E-state index >= 15 is 0 Å². The van der Waals surface area contributed by atoms with Crippen LogP contribution in [0.25, 0.3) is 0 Å². The second kappa shape index (κ2) is 4.19. The van der Waals surface area contributed by atoms with Crippen LogP contribution in [-0.4, -0.2) is 10.4 Å². The van der Waals surface area contributed by atoms with E-state index in [0.29, 0.717) is 20.2 Å². The zero-order chi connectivity index (χ0) is 11.7. The van der Waals surface area contributed by atoms with E-state index in [4.69, 9.17) is 18.0 Å². The van der Waals surface area contributed by atoms with Crippen LogP contribution >= 0.6 is 23.6 Å². The fraction of sp³-hybridized carbons (Fsp3) is 0.0909. The van der Waals surface area contributed by atoms with Gasteiger partial charge in [-0.05, 0) is 12.2 Å². The average molecular weight is 250 g/mol. The summed E-state index contributed by atoms with van der Waals surface area (Å²) in [6.07, 6.45) is 0. The van der Waals surface area contributed by atoms with E-state index in [-0.39, 0.29) is 5.78 Å². The summed E-state index contributed by atoms with van der Waals surface area (Å²) in [5.41, 5.74) is 6.46. The Labute approximate surface area is 102 Å². The van der Waals surface area contributed by atoms with Crippen molar-refractivity contribution in [2.75, 3.05) is 5.73 Å². The molecule has 0 saturated heterocycles. The summed E-state index contributed by atoms with van der Waals surface area (Å²) in [5, 5.41) is 0. The lowest BCUT2D eigenvalue weighted by atomic mass is 10.1. The van der Waals surface area contributed by atoms with Crippen molar-refractivity contribution in [3.05, 3.63) is 44.7 Å². The Balaban J connectivity index is 2.50. The molecule has 2 rings (SSSR count). The number of hydrogen-bond donors (Lipinski definition) is 1. The lowest BCUT2D eigenvalue weighted by molar-refractivity contribution is 0.104. The molecule has 0 saturated carbocycles. The van der Waals surface area contributed by atoms with E-state index in [2.05, 4.69) is 0 Å². The van der Waals surface area contributed by atoms with E-state index in [0.717, 1.165) is 0 Å². The number of aromatic nitrogens is 1. The molecular formula is C11H10N2OS2. The molecule has 0 aliphatic heterocycles. The Morgan fingerprint density at radius 1 is 1.38 bits per heavy atom. The second-order valence-electron chi connectivity index (χ2n) is 3.34. The van der Waals surface area contributed by atoms with Crippen LogP contribution in [0.2, 0.25) is 0 Å². The first-order valence-corrected chi connectivity index (χ1v) is 5.89. The predicted octanol–water partition coefficient (Wildman–Crippen LogP) is 2.63. The summed E-state index contributed by atoms with van der Waals surface area (Å²) in [4.78, 5) is 12.6. The molecule has 0 spiro atoms. The molecule has 0 aliphatic rings. The van der Waals surface area contributed by atoms with Crippen LogP contribution < -0.4 is 5.73 Å². The van der Waals surface area contributed by atoms with E-state index < -0.39 is 0 Å². The van der Waals surface area contributed by atoms with Gasteiger partial charge in [-0.1, -0.05) is 41.7 Å². The smallest absolute Gasteiger partial charge is 0.206 e. The van der Waals surface area contributed by atoms with Crippen molar-refractivity contribution >= 4 is 35.2 Å². The number of thiazole rings is 1. The average Bonchev–Trinajstić information content (AvgIpc) is 2.57. The zero-order valence-corrected chi connectivity index (χ0v) is 10.3. The van der Waals surface area contributed by atoms with Gasteiger partial charge in [-0.3, -0.25) is 4.79 Å². The van der Waals surface area contributed by atoms with E-state index in [1.54, 1.807) is 23.7 Å². The quantitative estimate of drug-likeness (QED) is 0.658. The highest BCUT2D eigenvalue weighted by molar-refractivity contribution is 7.73. The van der Waals surface area contributed by atoms with Crippen LogP contribution in [0.3, 0.4) is 0 Å². The van der Waals surface area contributed by atoms with Gasteiger partial charge < -0.3 is 10.3 Å². The van der Waals surface area contributed by atoms with Gasteiger partial charge in [-0.2, -0.15) is 0 Å². The van der Waals surface area contributed by atoms with Crippen molar-refractivity contribution in [3.8, 4) is 0 Å². The predicted molar refractivity (Wildman–Crippen MR) is 68.4 cm³/mol. The molecule has 0 radical (unpaired) electrons. The number of nitrogens with two attached hydrogens (primary N) is 1. The van der Waals surface area contributed by atoms with Crippen molar-refractivity contribution in [1.29, 1.82) is 0 Å². The number of nitrogen functional groups attached to an aromatic ring is 1. The van der Waals surface area contributed by atoms with Crippen molar-refractivity contribution in [3.63, 3.8) is 0 Å². The van der Waals surface area contributed by atoms with Gasteiger partial charge in [0, 0.05) is 12.6 Å². The number of ketones is 1. The van der Waals surface area contributed by atoms with Crippen LogP contribution in [0.4, 0.5) is 5.82 Å². The highest BCUT2D eigenvalue weighted by Crippen LogP contribution is 2.23. The zero-order valence-electron chi connectivity index (χ0n) is 8.64. The molecule has 0 unspecified atom stereocenters. The van der Waals surface area contributed by atoms with E-state index in [1.807, 2.05) is 18.2 Å². The Kier molecular flexibility index (Phi) is 2.89. The third kappa shape index (κ3) is 1.79. The van der Waals surface area contributed by atoms with Crippen molar-refractivity contribution in [1.82, 2.24) is 4.57 Å². The Hall–Kier alpha value is -1.46. The Morgan fingerprint density at radius 3 is 2.50 bits per heavy atom. The number of carbonyl (C=O) groups is 1. The monoisotopic (exact) mass is 250 g/mol. The third-order valence-electron chi connectivity index (χ3n) is 2.30. The number of benzene rings is 1. The molecule has 0 aliphatic carbocycles. The van der Waals surface area contributed by atoms with Gasteiger partial charge in [0.15, 0.2) is 3.95 Å². The number of nitrogens with zero attached hydrogens (tertiary/aromatic N) is 1. The minimum atomic E-state index is -0.0743. The topological polar surface area (TPSA) is 48.0 Å². The molecule has 1 aromatic heterocycles. The molecule has 1 aromatic carbocycles. The van der Waals surface area contributed by atoms with Crippen LogP contribution in [0.15, 0.2) is 30.3 Å². The minimum absolute atomic E-state index is 0.0743. The van der Waals surface area contributed by atoms with Crippen LogP contribution in [0, 0.1) is 3.95 Å². The number of rotatable bonds is 2. The molecule has 1 heterocycles. The third-order valence-corrected chi connectivity index (χ3v) is 3.87. The van der Waals surface area contributed by atoms with Gasteiger partial charge in [-0.25, -0.2) is 0 Å². The maximum atomic E-state index is 12.1. The molecule has 0 fully saturated rings. The molecule has 3 nitrogen and oxygen atoms in total. The molecule has 16 heavy (non-hydrogen) atoms. The van der Waals surface area contributed by atoms with Crippen LogP contribution in [0.5, 0.6) is 0 Å². The van der Waals surface area contributed by atoms with Gasteiger partial charge in [0.25, 0.3) is 0 Å². The SMILES string of the molecule is Cn1c(N)c(C(=O)c2ccccc2)sc1=S. The molecule has 0 amide bonds. The number of hydrogen-bond acceptors (Lipinski definition) is 4. The Morgan fingerprint density at radius 2 is 2.00 bits per heavy atom. The first-order valence-electron chi connectivity index (χ1n) is 4.66. The van der Waals surface area contributed by atoms with Crippen molar-refractivity contribution < 1.29 is 4.79 Å². The minimum Gasteiger partial charge on any atom is -0.384 e. The molecule has 2 aromatic rings. The number of carbonyl (C=O) groups excluding carboxylic acids is 1. The summed E-state index contributed by atoms with van der Waals surface area (Å²) in [6, 6.07) is 9.05. The van der Waals surface area contributed by atoms with Crippen molar-refractivity contribution in [2.24, 2.45) is 7.05 Å². The summed E-state index contributed by atoms with van der Waals surface area (Å²) < 4.78 is 2.26. The van der Waals surface area contributed by atoms with Crippen LogP contribution in [-0.2, 0) is 7.05 Å². The maximum Gasteiger partial charge on any atom is 0.206 e. The summed E-state index contributed by atoms with van der Waals surface area (Å²) in [5.74, 6) is 0.360. The first-order chi connectivity index (χ1) is 7.61. The van der Waals surface area contributed by atoms with E-state index in [1.165, 1.54) is 11.3 Å². The van der Waals surface area contributed by atoms with Gasteiger partial charge in [0.2, 0.25) is 5.78 Å². The second-order valence-corrected chi connectivity index (χ2v) is 4.98. The highest BCUT2D eigenvalue weighted by atomic mass is 32.1. The summed E-state index contributed by atoms with van der Waals surface area (Å²) in [7, 11) is 1.76. The normalized spacial score (nSPS) is 10.3. The summed E-state index contributed by atoms with van der Waals surface area (Å²) in [6.45, 7) is 0. The van der Waals surface area contributed by atoms with E-state index in [9.17, 15) is 4.79 Å². The highest BCUT2D eigenvalue weighted by Gasteiger charge is 2.16. The van der Waals surface area contributed by atoms with Gasteiger partial charge in [0.1, 0.15) is 10.7 Å². The lowest BCUT2D eigenvalue weighted by Crippen LogP contribution is -2.05. The molecule has 2 N–H and O–H groups in total. The molecule has 82 valence electrons. The molecule has 0 atom stereocenters. The fourth-order valence-corrected chi connectivity index (χ4v) is 2.55. The Bertz CT molecular complexity index is 584. The molecule has 5 heteroatoms. The van der Waals surface area contributed by atoms with Crippen molar-refractivity contribution in [2.45, 2.75) is 0 Å². The van der Waals surface area contributed by atoms with Crippen LogP contribution in [0.1, 0.15) is 15.2 Å². The first kappa shape index (κ1) is 11.0. The number of anilines is 1. The standard InChI is InChI=1S/C11H10N2OS2/c1-13-10(12)9(16-11(13)15)8(14)7-5-3-2-4-6-7/h2-6H,12H2,1H3. The fourth-order valence-electron chi connectivity index (χ4n) is 1.34. The molecule has 0 bridgehead atoms. The van der Waals surface area contributed by atoms with Gasteiger partial charge in [-0.15, -0.1) is 0 Å². The lowest BCUT2D eigenvalue weighted by Gasteiger charge is -1.99.